The van der Waals surface area contributed by atoms with E-state index in [0.717, 1.165) is 29.0 Å². The zero-order valence-electron chi connectivity index (χ0n) is 12.1. The van der Waals surface area contributed by atoms with Crippen LogP contribution in [0.25, 0.3) is 0 Å². The van der Waals surface area contributed by atoms with Crippen molar-refractivity contribution in [3.05, 3.63) is 38.9 Å². The van der Waals surface area contributed by atoms with Crippen LogP contribution >= 0.6 is 34.7 Å². The van der Waals surface area contributed by atoms with Crippen molar-refractivity contribution in [2.45, 2.75) is 24.1 Å². The second kappa shape index (κ2) is 8.23. The van der Waals surface area contributed by atoms with Gasteiger partial charge in [0.15, 0.2) is 4.34 Å². The maximum Gasteiger partial charge on any atom is 0.270 e. The molecule has 7 nitrogen and oxygen atoms in total. The molecule has 0 radical (unpaired) electrons. The van der Waals surface area contributed by atoms with E-state index in [1.54, 1.807) is 11.8 Å². The molecule has 1 amide bonds. The summed E-state index contributed by atoms with van der Waals surface area (Å²) >= 11 is 8.76. The Morgan fingerprint density at radius 2 is 2.26 bits per heavy atom. The van der Waals surface area contributed by atoms with Crippen molar-refractivity contribution in [2.75, 3.05) is 11.1 Å². The van der Waals surface area contributed by atoms with E-state index in [-0.39, 0.29) is 16.3 Å². The molecule has 2 aromatic rings. The third-order valence-electron chi connectivity index (χ3n) is 2.76. The van der Waals surface area contributed by atoms with Crippen LogP contribution < -0.4 is 5.32 Å². The first-order valence-electron chi connectivity index (χ1n) is 6.73. The van der Waals surface area contributed by atoms with Crippen molar-refractivity contribution in [3.63, 3.8) is 0 Å². The smallest absolute Gasteiger partial charge is 0.270 e. The van der Waals surface area contributed by atoms with E-state index in [1.807, 2.05) is 0 Å². The van der Waals surface area contributed by atoms with Gasteiger partial charge in [-0.15, -0.1) is 10.2 Å². The zero-order valence-corrected chi connectivity index (χ0v) is 14.5. The third-order valence-corrected chi connectivity index (χ3v) is 5.14. The Morgan fingerprint density at radius 1 is 1.48 bits per heavy atom. The Morgan fingerprint density at radius 3 is 2.96 bits per heavy atom. The largest absolute Gasteiger partial charge is 0.296 e. The molecule has 0 fully saturated rings. The monoisotopic (exact) mass is 372 g/mol. The minimum atomic E-state index is -0.583. The van der Waals surface area contributed by atoms with Crippen LogP contribution in [0.15, 0.2) is 22.5 Å². The number of benzene rings is 1. The van der Waals surface area contributed by atoms with Crippen molar-refractivity contribution in [3.8, 4) is 0 Å². The molecule has 0 unspecified atom stereocenters. The standard InChI is InChI=1S/C13H13ClN4O3S2/c1-2-3-6-22-13-17-16-12(23-13)15-11(19)9-7-8(18(20)21)4-5-10(9)14/h4-5,7H,2-3,6H2,1H3,(H,15,16,19). The highest BCUT2D eigenvalue weighted by Gasteiger charge is 2.17. The summed E-state index contributed by atoms with van der Waals surface area (Å²) in [6.45, 7) is 2.11. The number of halogens is 1. The van der Waals surface area contributed by atoms with E-state index < -0.39 is 10.8 Å². The number of rotatable bonds is 7. The minimum Gasteiger partial charge on any atom is -0.296 e. The van der Waals surface area contributed by atoms with Crippen LogP contribution in [0.3, 0.4) is 0 Å². The Balaban J connectivity index is 2.07. The summed E-state index contributed by atoms with van der Waals surface area (Å²) in [5, 5.41) is 21.7. The van der Waals surface area contributed by atoms with Gasteiger partial charge < -0.3 is 0 Å². The fourth-order valence-electron chi connectivity index (χ4n) is 1.59. The van der Waals surface area contributed by atoms with E-state index in [2.05, 4.69) is 22.4 Å². The average molecular weight is 373 g/mol. The highest BCUT2D eigenvalue weighted by atomic mass is 35.5. The van der Waals surface area contributed by atoms with Gasteiger partial charge in [-0.1, -0.05) is 48.0 Å². The van der Waals surface area contributed by atoms with Crippen LogP contribution in [0.4, 0.5) is 10.8 Å². The number of carbonyl (C=O) groups excluding carboxylic acids is 1. The van der Waals surface area contributed by atoms with Crippen LogP contribution in [-0.4, -0.2) is 26.8 Å². The quantitative estimate of drug-likeness (QED) is 0.256. The Hall–Kier alpha value is -1.71. The van der Waals surface area contributed by atoms with E-state index in [0.29, 0.717) is 5.13 Å². The molecular formula is C13H13ClN4O3S2. The first kappa shape index (κ1) is 17.6. The number of amides is 1. The number of carbonyl (C=O) groups is 1. The molecule has 0 aliphatic carbocycles. The summed E-state index contributed by atoms with van der Waals surface area (Å²) in [5.74, 6) is 0.385. The number of nitrogens with zero attached hydrogens (tertiary/aromatic N) is 3. The normalized spacial score (nSPS) is 10.5. The van der Waals surface area contributed by atoms with E-state index in [1.165, 1.54) is 23.5 Å². The number of unbranched alkanes of at least 4 members (excludes halogenated alkanes) is 1. The number of aromatic nitrogens is 2. The topological polar surface area (TPSA) is 98.0 Å². The Labute approximate surface area is 145 Å². The summed E-state index contributed by atoms with van der Waals surface area (Å²) in [6.07, 6.45) is 2.18. The van der Waals surface area contributed by atoms with Crippen LogP contribution in [0.1, 0.15) is 30.1 Å². The first-order valence-corrected chi connectivity index (χ1v) is 8.91. The van der Waals surface area contributed by atoms with E-state index >= 15 is 0 Å². The number of hydrogen-bond donors (Lipinski definition) is 1. The molecule has 0 saturated carbocycles. The van der Waals surface area contributed by atoms with Gasteiger partial charge in [0, 0.05) is 17.9 Å². The maximum atomic E-state index is 12.2. The molecule has 1 aromatic heterocycles. The predicted molar refractivity (Wildman–Crippen MR) is 91.6 cm³/mol. The van der Waals surface area contributed by atoms with Gasteiger partial charge in [-0.25, -0.2) is 0 Å². The summed E-state index contributed by atoms with van der Waals surface area (Å²) in [5.41, 5.74) is -0.177. The molecule has 1 N–H and O–H groups in total. The van der Waals surface area contributed by atoms with Crippen molar-refractivity contribution in [2.24, 2.45) is 0 Å². The molecule has 0 saturated heterocycles. The number of anilines is 1. The number of non-ortho nitro benzene ring substituents is 1. The van der Waals surface area contributed by atoms with Crippen LogP contribution in [0.2, 0.25) is 5.02 Å². The first-order chi connectivity index (χ1) is 11.0. The van der Waals surface area contributed by atoms with E-state index in [4.69, 9.17) is 11.6 Å². The molecule has 0 bridgehead atoms. The second-order valence-corrected chi connectivity index (χ2v) is 7.18. The third kappa shape index (κ3) is 4.88. The maximum absolute atomic E-state index is 12.2. The highest BCUT2D eigenvalue weighted by molar-refractivity contribution is 8.01. The van der Waals surface area contributed by atoms with Crippen molar-refractivity contribution in [1.29, 1.82) is 0 Å². The lowest BCUT2D eigenvalue weighted by molar-refractivity contribution is -0.384. The molecule has 0 atom stereocenters. The highest BCUT2D eigenvalue weighted by Crippen LogP contribution is 2.28. The van der Waals surface area contributed by atoms with Crippen molar-refractivity contribution >= 4 is 51.4 Å². The molecule has 1 heterocycles. The number of thioether (sulfide) groups is 1. The summed E-state index contributed by atoms with van der Waals surface area (Å²) in [6, 6.07) is 3.70. The van der Waals surface area contributed by atoms with Gasteiger partial charge in [-0.05, 0) is 12.5 Å². The molecule has 0 aliphatic heterocycles. The molecule has 23 heavy (non-hydrogen) atoms. The van der Waals surface area contributed by atoms with Gasteiger partial charge in [0.25, 0.3) is 11.6 Å². The van der Waals surface area contributed by atoms with Crippen molar-refractivity contribution in [1.82, 2.24) is 10.2 Å². The van der Waals surface area contributed by atoms with E-state index in [9.17, 15) is 14.9 Å². The van der Waals surface area contributed by atoms with Gasteiger partial charge in [-0.2, -0.15) is 0 Å². The van der Waals surface area contributed by atoms with Gasteiger partial charge in [0.2, 0.25) is 5.13 Å². The summed E-state index contributed by atoms with van der Waals surface area (Å²) < 4.78 is 0.763. The second-order valence-electron chi connectivity index (χ2n) is 4.45. The lowest BCUT2D eigenvalue weighted by Gasteiger charge is -2.03. The Bertz CT molecular complexity index is 723. The van der Waals surface area contributed by atoms with Crippen LogP contribution in [-0.2, 0) is 0 Å². The number of nitrogens with one attached hydrogen (secondary N) is 1. The van der Waals surface area contributed by atoms with Gasteiger partial charge >= 0.3 is 0 Å². The predicted octanol–water partition coefficient (Wildman–Crippen LogP) is 4.24. The van der Waals surface area contributed by atoms with Gasteiger partial charge in [0.1, 0.15) is 0 Å². The molecule has 122 valence electrons. The average Bonchev–Trinajstić information content (AvgIpc) is 2.95. The number of nitro benzene ring substituents is 1. The van der Waals surface area contributed by atoms with Gasteiger partial charge in [-0.3, -0.25) is 20.2 Å². The lowest BCUT2D eigenvalue weighted by Crippen LogP contribution is -2.12. The SMILES string of the molecule is CCCCSc1nnc(NC(=O)c2cc([N+](=O)[O-])ccc2Cl)s1. The Kier molecular flexibility index (Phi) is 6.31. The molecule has 0 spiro atoms. The molecular weight excluding hydrogens is 360 g/mol. The lowest BCUT2D eigenvalue weighted by atomic mass is 10.2. The van der Waals surface area contributed by atoms with Crippen LogP contribution in [0.5, 0.6) is 0 Å². The summed E-state index contributed by atoms with van der Waals surface area (Å²) in [4.78, 5) is 22.4. The fourth-order valence-corrected chi connectivity index (χ4v) is 3.69. The number of hydrogen-bond acceptors (Lipinski definition) is 7. The minimum absolute atomic E-state index is 0.0243. The number of nitro groups is 1. The fraction of sp³-hybridized carbons (Fsp3) is 0.308. The molecule has 0 aliphatic rings. The zero-order chi connectivity index (χ0) is 16.8. The van der Waals surface area contributed by atoms with Crippen molar-refractivity contribution < 1.29 is 9.72 Å². The molecule has 2 rings (SSSR count). The van der Waals surface area contributed by atoms with Gasteiger partial charge in [0.05, 0.1) is 15.5 Å². The van der Waals surface area contributed by atoms with Crippen LogP contribution in [0, 0.1) is 10.1 Å². The molecule has 1 aromatic carbocycles. The summed E-state index contributed by atoms with van der Waals surface area (Å²) in [7, 11) is 0. The molecule has 10 heteroatoms.